The Morgan fingerprint density at radius 1 is 1.06 bits per heavy atom. The molecule has 0 fully saturated rings. The van der Waals surface area contributed by atoms with Crippen LogP contribution in [-0.4, -0.2) is 80.1 Å². The Bertz CT molecular complexity index is 1290. The minimum Gasteiger partial charge on any atom is -0.415 e. The Labute approximate surface area is 200 Å². The molecule has 0 atom stereocenters. The lowest BCUT2D eigenvalue weighted by Gasteiger charge is -2.19. The molecule has 0 N–H and O–H groups in total. The SMILES string of the molecule is CN(C)CCN(C)C(=O)c1cccc(-c2cn(Cc3ccc(-c4nnc(C(F)F)o4)cn3)nn2)c1. The van der Waals surface area contributed by atoms with Gasteiger partial charge in [0.05, 0.1) is 24.0 Å². The minimum atomic E-state index is -2.83. The fourth-order valence-electron chi connectivity index (χ4n) is 3.24. The third kappa shape index (κ3) is 5.90. The molecule has 0 aliphatic carbocycles. The molecule has 3 aromatic heterocycles. The van der Waals surface area contributed by atoms with Gasteiger partial charge in [-0.2, -0.15) is 8.78 Å². The first-order chi connectivity index (χ1) is 16.8. The van der Waals surface area contributed by atoms with E-state index in [1.165, 1.54) is 6.20 Å². The first-order valence-corrected chi connectivity index (χ1v) is 10.8. The number of pyridine rings is 1. The van der Waals surface area contributed by atoms with Crippen LogP contribution in [0.3, 0.4) is 0 Å². The molecular weight excluding hydrogens is 458 g/mol. The molecule has 1 aromatic carbocycles. The molecule has 4 aromatic rings. The van der Waals surface area contributed by atoms with Crippen LogP contribution in [0, 0.1) is 0 Å². The maximum atomic E-state index is 12.8. The van der Waals surface area contributed by atoms with Gasteiger partial charge >= 0.3 is 6.43 Å². The van der Waals surface area contributed by atoms with Crippen LogP contribution >= 0.6 is 0 Å². The van der Waals surface area contributed by atoms with Crippen molar-refractivity contribution in [2.24, 2.45) is 0 Å². The number of halogens is 2. The van der Waals surface area contributed by atoms with Crippen LogP contribution in [0.15, 0.2) is 53.2 Å². The molecular formula is C23H24F2N8O2. The van der Waals surface area contributed by atoms with E-state index in [0.717, 1.165) is 12.1 Å². The fourth-order valence-corrected chi connectivity index (χ4v) is 3.24. The molecule has 0 radical (unpaired) electrons. The van der Waals surface area contributed by atoms with Gasteiger partial charge in [-0.1, -0.05) is 17.3 Å². The number of carbonyl (C=O) groups is 1. The lowest BCUT2D eigenvalue weighted by Crippen LogP contribution is -2.33. The summed E-state index contributed by atoms with van der Waals surface area (Å²) in [5.41, 5.74) is 3.08. The number of rotatable bonds is 9. The molecule has 0 unspecified atom stereocenters. The van der Waals surface area contributed by atoms with Gasteiger partial charge in [-0.3, -0.25) is 9.78 Å². The Morgan fingerprint density at radius 3 is 2.57 bits per heavy atom. The monoisotopic (exact) mass is 482 g/mol. The van der Waals surface area contributed by atoms with E-state index in [1.54, 1.807) is 47.1 Å². The van der Waals surface area contributed by atoms with Crippen LogP contribution in [0.4, 0.5) is 8.78 Å². The summed E-state index contributed by atoms with van der Waals surface area (Å²) >= 11 is 0. The van der Waals surface area contributed by atoms with Crippen molar-refractivity contribution >= 4 is 5.91 Å². The van der Waals surface area contributed by atoms with Crippen molar-refractivity contribution in [3.63, 3.8) is 0 Å². The Hall–Kier alpha value is -4.06. The van der Waals surface area contributed by atoms with E-state index in [2.05, 4.69) is 25.5 Å². The molecule has 4 rings (SSSR count). The van der Waals surface area contributed by atoms with Crippen LogP contribution in [0.1, 0.15) is 28.4 Å². The van der Waals surface area contributed by atoms with Crippen molar-refractivity contribution in [2.45, 2.75) is 13.0 Å². The standard InChI is InChI=1S/C23H24F2N8O2/c1-31(2)9-10-32(3)23(34)16-6-4-5-15(11-16)19-14-33(30-27-19)13-18-8-7-17(12-26-18)21-28-29-22(35-21)20(24)25/h4-8,11-12,14,20H,9-10,13H2,1-3H3. The lowest BCUT2D eigenvalue weighted by atomic mass is 10.1. The quantitative estimate of drug-likeness (QED) is 0.358. The molecule has 0 aliphatic heterocycles. The number of benzene rings is 1. The molecule has 182 valence electrons. The van der Waals surface area contributed by atoms with E-state index in [1.807, 2.05) is 31.1 Å². The van der Waals surface area contributed by atoms with E-state index in [4.69, 9.17) is 4.42 Å². The molecule has 1 amide bonds. The highest BCUT2D eigenvalue weighted by molar-refractivity contribution is 5.95. The van der Waals surface area contributed by atoms with Gasteiger partial charge in [0.15, 0.2) is 0 Å². The molecule has 0 spiro atoms. The third-order valence-corrected chi connectivity index (χ3v) is 5.20. The van der Waals surface area contributed by atoms with Crippen LogP contribution in [-0.2, 0) is 6.54 Å². The average molecular weight is 482 g/mol. The maximum absolute atomic E-state index is 12.8. The van der Waals surface area contributed by atoms with Crippen molar-refractivity contribution in [1.29, 1.82) is 0 Å². The zero-order valence-corrected chi connectivity index (χ0v) is 19.5. The van der Waals surface area contributed by atoms with E-state index in [-0.39, 0.29) is 11.8 Å². The van der Waals surface area contributed by atoms with Gasteiger partial charge in [-0.05, 0) is 38.4 Å². The highest BCUT2D eigenvalue weighted by atomic mass is 19.3. The van der Waals surface area contributed by atoms with Crippen LogP contribution in [0.2, 0.25) is 0 Å². The Morgan fingerprint density at radius 2 is 1.89 bits per heavy atom. The first-order valence-electron chi connectivity index (χ1n) is 10.8. The largest absolute Gasteiger partial charge is 0.415 e. The van der Waals surface area contributed by atoms with Crippen LogP contribution in [0.25, 0.3) is 22.7 Å². The molecule has 35 heavy (non-hydrogen) atoms. The van der Waals surface area contributed by atoms with Gasteiger partial charge in [0, 0.05) is 37.5 Å². The van der Waals surface area contributed by atoms with E-state index in [9.17, 15) is 13.6 Å². The number of carbonyl (C=O) groups excluding carboxylic acids is 1. The molecule has 3 heterocycles. The highest BCUT2D eigenvalue weighted by Gasteiger charge is 2.17. The molecule has 0 saturated heterocycles. The number of likely N-dealkylation sites (N-methyl/N-ethyl adjacent to an activating group) is 2. The number of hydrogen-bond acceptors (Lipinski definition) is 8. The highest BCUT2D eigenvalue weighted by Crippen LogP contribution is 2.23. The summed E-state index contributed by atoms with van der Waals surface area (Å²) in [6, 6.07) is 10.6. The van der Waals surface area contributed by atoms with Gasteiger partial charge in [0.1, 0.15) is 5.69 Å². The van der Waals surface area contributed by atoms with E-state index < -0.39 is 12.3 Å². The minimum absolute atomic E-state index is 0.0239. The number of aromatic nitrogens is 6. The van der Waals surface area contributed by atoms with E-state index in [0.29, 0.717) is 35.6 Å². The van der Waals surface area contributed by atoms with Crippen molar-refractivity contribution < 1.29 is 18.0 Å². The van der Waals surface area contributed by atoms with Gasteiger partial charge in [-0.15, -0.1) is 15.3 Å². The van der Waals surface area contributed by atoms with Crippen molar-refractivity contribution in [2.75, 3.05) is 34.2 Å². The zero-order chi connectivity index (χ0) is 24.9. The Balaban J connectivity index is 1.43. The van der Waals surface area contributed by atoms with Crippen molar-refractivity contribution in [3.05, 3.63) is 65.9 Å². The topological polar surface area (TPSA) is 106 Å². The van der Waals surface area contributed by atoms with Gasteiger partial charge in [-0.25, -0.2) is 4.68 Å². The van der Waals surface area contributed by atoms with Crippen LogP contribution in [0.5, 0.6) is 0 Å². The molecule has 0 bridgehead atoms. The number of nitrogens with zero attached hydrogens (tertiary/aromatic N) is 8. The van der Waals surface area contributed by atoms with Crippen molar-refractivity contribution in [3.8, 4) is 22.7 Å². The van der Waals surface area contributed by atoms with Gasteiger partial charge < -0.3 is 14.2 Å². The normalized spacial score (nSPS) is 11.4. The third-order valence-electron chi connectivity index (χ3n) is 5.20. The molecule has 10 nitrogen and oxygen atoms in total. The second-order valence-electron chi connectivity index (χ2n) is 8.20. The van der Waals surface area contributed by atoms with E-state index >= 15 is 0 Å². The first kappa shape index (κ1) is 24.1. The van der Waals surface area contributed by atoms with Gasteiger partial charge in [0.2, 0.25) is 5.89 Å². The summed E-state index contributed by atoms with van der Waals surface area (Å²) in [5, 5.41) is 15.3. The summed E-state index contributed by atoms with van der Waals surface area (Å²) in [5.74, 6) is -0.818. The second kappa shape index (κ2) is 10.5. The summed E-state index contributed by atoms with van der Waals surface area (Å²) in [6.45, 7) is 1.74. The number of alkyl halides is 2. The predicted octanol–water partition coefficient (Wildman–Crippen LogP) is 3.01. The average Bonchev–Trinajstić information content (AvgIpc) is 3.53. The second-order valence-corrected chi connectivity index (χ2v) is 8.20. The predicted molar refractivity (Wildman–Crippen MR) is 123 cm³/mol. The lowest BCUT2D eigenvalue weighted by molar-refractivity contribution is 0.0786. The maximum Gasteiger partial charge on any atom is 0.314 e. The Kier molecular flexibility index (Phi) is 7.20. The summed E-state index contributed by atoms with van der Waals surface area (Å²) in [6.07, 6.45) is 0.410. The summed E-state index contributed by atoms with van der Waals surface area (Å²) in [4.78, 5) is 20.8. The smallest absolute Gasteiger partial charge is 0.314 e. The summed E-state index contributed by atoms with van der Waals surface area (Å²) in [7, 11) is 5.71. The number of hydrogen-bond donors (Lipinski definition) is 0. The molecule has 0 aliphatic rings. The van der Waals surface area contributed by atoms with Crippen LogP contribution < -0.4 is 0 Å². The van der Waals surface area contributed by atoms with Gasteiger partial charge in [0.25, 0.3) is 11.8 Å². The number of amides is 1. The summed E-state index contributed by atoms with van der Waals surface area (Å²) < 4.78 is 31.8. The zero-order valence-electron chi connectivity index (χ0n) is 19.5. The molecule has 0 saturated carbocycles. The molecule has 12 heteroatoms. The fraction of sp³-hybridized carbons (Fsp3) is 0.304. The van der Waals surface area contributed by atoms with Crippen molar-refractivity contribution in [1.82, 2.24) is 40.0 Å².